The van der Waals surface area contributed by atoms with Gasteiger partial charge in [-0.2, -0.15) is 0 Å². The van der Waals surface area contributed by atoms with E-state index in [1.165, 1.54) is 30.3 Å². The number of benzene rings is 2. The lowest BCUT2D eigenvalue weighted by Crippen LogP contribution is -2.13. The van der Waals surface area contributed by atoms with Crippen molar-refractivity contribution in [2.75, 3.05) is 5.32 Å². The van der Waals surface area contributed by atoms with Crippen molar-refractivity contribution in [3.63, 3.8) is 0 Å². The van der Waals surface area contributed by atoms with Gasteiger partial charge in [-0.1, -0.05) is 18.2 Å². The molecule has 0 spiro atoms. The van der Waals surface area contributed by atoms with E-state index in [1.807, 2.05) is 0 Å². The molecule has 0 radical (unpaired) electrons. The van der Waals surface area contributed by atoms with Crippen molar-refractivity contribution in [2.45, 2.75) is 6.61 Å². The number of carbonyl (C=O) groups is 1. The van der Waals surface area contributed by atoms with Gasteiger partial charge in [0.2, 0.25) is 0 Å². The zero-order chi connectivity index (χ0) is 17.6. The predicted molar refractivity (Wildman–Crippen MR) is 91.0 cm³/mol. The van der Waals surface area contributed by atoms with Crippen molar-refractivity contribution in [1.29, 1.82) is 0 Å². The number of rotatable bonds is 5. The molecule has 5 nitrogen and oxygen atoms in total. The Labute approximate surface area is 143 Å². The number of carbonyl (C=O) groups excluding carboxylic acids is 1. The highest BCUT2D eigenvalue weighted by Crippen LogP contribution is 2.24. The summed E-state index contributed by atoms with van der Waals surface area (Å²) in [6.45, 7) is 0.143. The highest BCUT2D eigenvalue weighted by molar-refractivity contribution is 6.05. The van der Waals surface area contributed by atoms with Gasteiger partial charge in [0.05, 0.1) is 5.56 Å². The van der Waals surface area contributed by atoms with Crippen LogP contribution in [0.3, 0.4) is 0 Å². The third-order valence-corrected chi connectivity index (χ3v) is 3.41. The molecule has 2 aromatic carbocycles. The molecule has 0 aliphatic heterocycles. The van der Waals surface area contributed by atoms with Crippen LogP contribution in [0.4, 0.5) is 10.2 Å². The summed E-state index contributed by atoms with van der Waals surface area (Å²) in [7, 11) is 0. The molecule has 3 rings (SSSR count). The number of pyridine rings is 1. The Morgan fingerprint density at radius 2 is 2.00 bits per heavy atom. The number of hydrogen-bond acceptors (Lipinski definition) is 4. The standard InChI is InChI=1S/C19H15FN2O3/c20-14-5-3-4-13(10-14)12-25-15-7-8-17(23)16(11-15)19(24)22-18-6-1-2-9-21-18/h1-11,23H,12H2,(H,21,22,24). The molecule has 6 heteroatoms. The number of amides is 1. The number of anilines is 1. The second-order valence-corrected chi connectivity index (χ2v) is 5.27. The molecular weight excluding hydrogens is 323 g/mol. The third-order valence-electron chi connectivity index (χ3n) is 3.41. The largest absolute Gasteiger partial charge is 0.507 e. The van der Waals surface area contributed by atoms with Gasteiger partial charge < -0.3 is 15.2 Å². The van der Waals surface area contributed by atoms with E-state index in [-0.39, 0.29) is 23.7 Å². The maximum Gasteiger partial charge on any atom is 0.260 e. The van der Waals surface area contributed by atoms with E-state index in [1.54, 1.807) is 36.5 Å². The lowest BCUT2D eigenvalue weighted by atomic mass is 10.1. The van der Waals surface area contributed by atoms with Crippen LogP contribution in [0.5, 0.6) is 11.5 Å². The third kappa shape index (κ3) is 4.32. The molecule has 0 saturated carbocycles. The molecular formula is C19H15FN2O3. The number of hydrogen-bond donors (Lipinski definition) is 2. The normalized spacial score (nSPS) is 10.3. The quantitative estimate of drug-likeness (QED) is 0.743. The van der Waals surface area contributed by atoms with Crippen LogP contribution in [-0.2, 0) is 6.61 Å². The molecule has 1 heterocycles. The molecule has 0 atom stereocenters. The summed E-state index contributed by atoms with van der Waals surface area (Å²) in [4.78, 5) is 16.3. The van der Waals surface area contributed by atoms with Crippen molar-refractivity contribution in [1.82, 2.24) is 4.98 Å². The van der Waals surface area contributed by atoms with Gasteiger partial charge in [0.15, 0.2) is 0 Å². The van der Waals surface area contributed by atoms with Gasteiger partial charge in [-0.05, 0) is 48.0 Å². The molecule has 126 valence electrons. The molecule has 1 amide bonds. The summed E-state index contributed by atoms with van der Waals surface area (Å²) in [5.41, 5.74) is 0.718. The van der Waals surface area contributed by atoms with Crippen molar-refractivity contribution < 1.29 is 19.0 Å². The Morgan fingerprint density at radius 3 is 2.76 bits per heavy atom. The number of halogens is 1. The molecule has 0 saturated heterocycles. The Hall–Kier alpha value is -3.41. The van der Waals surface area contributed by atoms with Crippen molar-refractivity contribution >= 4 is 11.7 Å². The molecule has 2 N–H and O–H groups in total. The summed E-state index contributed by atoms with van der Waals surface area (Å²) in [5, 5.41) is 12.5. The summed E-state index contributed by atoms with van der Waals surface area (Å²) < 4.78 is 18.7. The van der Waals surface area contributed by atoms with Crippen molar-refractivity contribution in [3.8, 4) is 11.5 Å². The minimum atomic E-state index is -0.507. The van der Waals surface area contributed by atoms with Crippen LogP contribution in [0.2, 0.25) is 0 Å². The van der Waals surface area contributed by atoms with E-state index < -0.39 is 5.91 Å². The van der Waals surface area contributed by atoms with Gasteiger partial charge in [0, 0.05) is 6.20 Å². The first kappa shape index (κ1) is 16.4. The smallest absolute Gasteiger partial charge is 0.260 e. The highest BCUT2D eigenvalue weighted by Gasteiger charge is 2.13. The van der Waals surface area contributed by atoms with E-state index in [9.17, 15) is 14.3 Å². The first-order valence-corrected chi connectivity index (χ1v) is 7.54. The maximum atomic E-state index is 13.2. The first-order chi connectivity index (χ1) is 12.1. The fourth-order valence-electron chi connectivity index (χ4n) is 2.20. The monoisotopic (exact) mass is 338 g/mol. The highest BCUT2D eigenvalue weighted by atomic mass is 19.1. The average Bonchev–Trinajstić information content (AvgIpc) is 2.62. The minimum Gasteiger partial charge on any atom is -0.507 e. The number of ether oxygens (including phenoxy) is 1. The van der Waals surface area contributed by atoms with Crippen LogP contribution >= 0.6 is 0 Å². The zero-order valence-electron chi connectivity index (χ0n) is 13.1. The minimum absolute atomic E-state index is 0.0578. The van der Waals surface area contributed by atoms with Gasteiger partial charge in [0.25, 0.3) is 5.91 Å². The molecule has 1 aromatic heterocycles. The average molecular weight is 338 g/mol. The second-order valence-electron chi connectivity index (χ2n) is 5.27. The van der Waals surface area contributed by atoms with E-state index in [4.69, 9.17) is 4.74 Å². The Balaban J connectivity index is 1.72. The second kappa shape index (κ2) is 7.44. The van der Waals surface area contributed by atoms with Crippen LogP contribution < -0.4 is 10.1 Å². The summed E-state index contributed by atoms with van der Waals surface area (Å²) in [6, 6.07) is 15.5. The van der Waals surface area contributed by atoms with Crippen LogP contribution in [0.1, 0.15) is 15.9 Å². The number of nitrogens with zero attached hydrogens (tertiary/aromatic N) is 1. The molecule has 0 aliphatic rings. The van der Waals surface area contributed by atoms with Crippen molar-refractivity contribution in [3.05, 3.63) is 83.8 Å². The molecule has 25 heavy (non-hydrogen) atoms. The number of phenols is 1. The SMILES string of the molecule is O=C(Nc1ccccn1)c1cc(OCc2cccc(F)c2)ccc1O. The Morgan fingerprint density at radius 1 is 1.12 bits per heavy atom. The molecule has 3 aromatic rings. The van der Waals surface area contributed by atoms with E-state index in [0.717, 1.165) is 0 Å². The van der Waals surface area contributed by atoms with E-state index in [0.29, 0.717) is 17.1 Å². The van der Waals surface area contributed by atoms with Crippen LogP contribution in [0, 0.1) is 5.82 Å². The first-order valence-electron chi connectivity index (χ1n) is 7.54. The summed E-state index contributed by atoms with van der Waals surface area (Å²) in [5.74, 6) is -0.271. The molecule has 0 aliphatic carbocycles. The van der Waals surface area contributed by atoms with Gasteiger partial charge in [0.1, 0.15) is 29.7 Å². The summed E-state index contributed by atoms with van der Waals surface area (Å²) >= 11 is 0. The van der Waals surface area contributed by atoms with Crippen LogP contribution in [0.15, 0.2) is 66.9 Å². The van der Waals surface area contributed by atoms with Crippen molar-refractivity contribution in [2.24, 2.45) is 0 Å². The molecule has 0 unspecified atom stereocenters. The zero-order valence-corrected chi connectivity index (χ0v) is 13.1. The Kier molecular flexibility index (Phi) is 4.89. The molecule has 0 fully saturated rings. The Bertz CT molecular complexity index is 885. The van der Waals surface area contributed by atoms with Gasteiger partial charge >= 0.3 is 0 Å². The number of nitrogens with one attached hydrogen (secondary N) is 1. The number of aromatic nitrogens is 1. The lowest BCUT2D eigenvalue weighted by molar-refractivity contribution is 0.102. The van der Waals surface area contributed by atoms with E-state index in [2.05, 4.69) is 10.3 Å². The fourth-order valence-corrected chi connectivity index (χ4v) is 2.20. The number of phenolic OH excluding ortho intramolecular Hbond substituents is 1. The van der Waals surface area contributed by atoms with Gasteiger partial charge in [-0.15, -0.1) is 0 Å². The van der Waals surface area contributed by atoms with Gasteiger partial charge in [-0.3, -0.25) is 4.79 Å². The van der Waals surface area contributed by atoms with Gasteiger partial charge in [-0.25, -0.2) is 9.37 Å². The maximum absolute atomic E-state index is 13.2. The lowest BCUT2D eigenvalue weighted by Gasteiger charge is -2.10. The topological polar surface area (TPSA) is 71.5 Å². The number of aromatic hydroxyl groups is 1. The predicted octanol–water partition coefficient (Wildman–Crippen LogP) is 3.76. The van der Waals surface area contributed by atoms with Crippen LogP contribution in [0.25, 0.3) is 0 Å². The summed E-state index contributed by atoms with van der Waals surface area (Å²) in [6.07, 6.45) is 1.55. The fraction of sp³-hybridized carbons (Fsp3) is 0.0526. The molecule has 0 bridgehead atoms. The van der Waals surface area contributed by atoms with E-state index >= 15 is 0 Å². The van der Waals surface area contributed by atoms with Crippen LogP contribution in [-0.4, -0.2) is 16.0 Å².